The van der Waals surface area contributed by atoms with Crippen molar-refractivity contribution in [3.05, 3.63) is 90.0 Å². The Kier molecular flexibility index (Phi) is 7.10. The lowest BCUT2D eigenvalue weighted by atomic mass is 9.67. The zero-order chi connectivity index (χ0) is 25.0. The monoisotopic (exact) mass is 473 g/mol. The summed E-state index contributed by atoms with van der Waals surface area (Å²) in [6.07, 6.45) is 9.00. The molecule has 0 aliphatic carbocycles. The quantitative estimate of drug-likeness (QED) is 0.119. The van der Waals surface area contributed by atoms with Gasteiger partial charge in [-0.1, -0.05) is 31.1 Å². The van der Waals surface area contributed by atoms with Crippen LogP contribution in [0.5, 0.6) is 0 Å². The molecule has 0 spiro atoms. The van der Waals surface area contributed by atoms with Crippen molar-refractivity contribution in [1.82, 2.24) is 14.5 Å². The van der Waals surface area contributed by atoms with Crippen molar-refractivity contribution >= 4 is 30.4 Å². The van der Waals surface area contributed by atoms with E-state index in [0.717, 1.165) is 43.9 Å². The second-order valence-electron chi connectivity index (χ2n) is 8.59. The zero-order valence-electron chi connectivity index (χ0n) is 19.8. The predicted molar refractivity (Wildman–Crippen MR) is 136 cm³/mol. The van der Waals surface area contributed by atoms with E-state index in [2.05, 4.69) is 16.5 Å². The summed E-state index contributed by atoms with van der Waals surface area (Å²) in [4.78, 5) is 21.1. The highest BCUT2D eigenvalue weighted by Crippen LogP contribution is 2.31. The SMILES string of the molecule is C=C/C(=C\n1ccnc1C)C(=O)CBCCc1ccc(-c2nc3cc(C(C)(F)F)ccc3o2)cc1. The minimum atomic E-state index is -2.93. The van der Waals surface area contributed by atoms with Gasteiger partial charge in [-0.25, -0.2) is 18.7 Å². The summed E-state index contributed by atoms with van der Waals surface area (Å²) in [5.74, 6) is -1.66. The maximum Gasteiger partial charge on any atom is 0.270 e. The lowest BCUT2D eigenvalue weighted by Crippen LogP contribution is -2.06. The summed E-state index contributed by atoms with van der Waals surface area (Å²) < 4.78 is 34.7. The number of aryl methyl sites for hydroxylation is 2. The Morgan fingerprint density at radius 1 is 1.23 bits per heavy atom. The number of Topliss-reactive ketones (excluding diaryl/α,β-unsaturated/α-hetero) is 1. The van der Waals surface area contributed by atoms with Crippen LogP contribution < -0.4 is 0 Å². The number of halogens is 2. The van der Waals surface area contributed by atoms with Crippen LogP contribution in [0.15, 0.2) is 77.5 Å². The van der Waals surface area contributed by atoms with Crippen LogP contribution in [0, 0.1) is 6.92 Å². The van der Waals surface area contributed by atoms with Crippen molar-refractivity contribution in [1.29, 1.82) is 0 Å². The van der Waals surface area contributed by atoms with E-state index >= 15 is 0 Å². The Morgan fingerprint density at radius 3 is 2.66 bits per heavy atom. The summed E-state index contributed by atoms with van der Waals surface area (Å²) >= 11 is 0. The molecule has 0 saturated carbocycles. The van der Waals surface area contributed by atoms with Gasteiger partial charge in [-0.15, -0.1) is 0 Å². The molecule has 35 heavy (non-hydrogen) atoms. The van der Waals surface area contributed by atoms with E-state index < -0.39 is 5.92 Å². The highest BCUT2D eigenvalue weighted by molar-refractivity contribution is 6.43. The molecule has 0 unspecified atom stereocenters. The first kappa shape index (κ1) is 24.3. The number of nitrogens with zero attached hydrogens (tertiary/aromatic N) is 3. The van der Waals surface area contributed by atoms with Crippen LogP contribution in [0.4, 0.5) is 8.78 Å². The van der Waals surface area contributed by atoms with Crippen LogP contribution in [-0.4, -0.2) is 27.6 Å². The normalized spacial score (nSPS) is 12.2. The van der Waals surface area contributed by atoms with Gasteiger partial charge in [0.15, 0.2) is 11.4 Å². The third-order valence-corrected chi connectivity index (χ3v) is 5.90. The van der Waals surface area contributed by atoms with Gasteiger partial charge < -0.3 is 8.98 Å². The number of ketones is 1. The molecule has 178 valence electrons. The van der Waals surface area contributed by atoms with Crippen molar-refractivity contribution in [3.63, 3.8) is 0 Å². The van der Waals surface area contributed by atoms with Crippen LogP contribution in [0.25, 0.3) is 28.8 Å². The van der Waals surface area contributed by atoms with E-state index in [9.17, 15) is 13.6 Å². The van der Waals surface area contributed by atoms with Crippen LogP contribution in [0.3, 0.4) is 0 Å². The van der Waals surface area contributed by atoms with Crippen LogP contribution in [-0.2, 0) is 17.1 Å². The number of hydrogen-bond acceptors (Lipinski definition) is 4. The van der Waals surface area contributed by atoms with E-state index in [1.807, 2.05) is 35.8 Å². The number of carbonyl (C=O) groups excluding carboxylic acids is 1. The molecule has 0 radical (unpaired) electrons. The summed E-state index contributed by atoms with van der Waals surface area (Å²) in [5, 5.41) is 0. The Balaban J connectivity index is 1.33. The molecule has 0 aliphatic rings. The second kappa shape index (κ2) is 10.2. The summed E-state index contributed by atoms with van der Waals surface area (Å²) in [5.41, 5.74) is 3.27. The minimum Gasteiger partial charge on any atom is -0.436 e. The van der Waals surface area contributed by atoms with E-state index in [4.69, 9.17) is 4.42 Å². The maximum absolute atomic E-state index is 13.6. The molecule has 2 aromatic carbocycles. The maximum atomic E-state index is 13.6. The molecule has 0 N–H and O–H groups in total. The van der Waals surface area contributed by atoms with Crippen molar-refractivity contribution in [2.75, 3.05) is 0 Å². The summed E-state index contributed by atoms with van der Waals surface area (Å²) in [6, 6.07) is 12.1. The van der Waals surface area contributed by atoms with Crippen LogP contribution in [0.2, 0.25) is 12.6 Å². The average Bonchev–Trinajstić information content (AvgIpc) is 3.45. The Labute approximate surface area is 203 Å². The zero-order valence-corrected chi connectivity index (χ0v) is 19.8. The first-order chi connectivity index (χ1) is 16.7. The van der Waals surface area contributed by atoms with Crippen molar-refractivity contribution in [2.45, 2.75) is 38.8 Å². The molecule has 0 atom stereocenters. The first-order valence-corrected chi connectivity index (χ1v) is 11.5. The van der Waals surface area contributed by atoms with Gasteiger partial charge >= 0.3 is 0 Å². The van der Waals surface area contributed by atoms with Crippen molar-refractivity contribution in [2.24, 2.45) is 0 Å². The fourth-order valence-corrected chi connectivity index (χ4v) is 3.81. The molecule has 0 aliphatic heterocycles. The Morgan fingerprint density at radius 2 is 2.00 bits per heavy atom. The number of aromatic nitrogens is 3. The Hall–Kier alpha value is -3.81. The summed E-state index contributed by atoms with van der Waals surface area (Å²) in [7, 11) is 0.768. The number of fused-ring (bicyclic) bond motifs is 1. The lowest BCUT2D eigenvalue weighted by Gasteiger charge is -2.09. The fourth-order valence-electron chi connectivity index (χ4n) is 3.81. The third-order valence-electron chi connectivity index (χ3n) is 5.90. The number of carbonyl (C=O) groups is 1. The number of oxazole rings is 1. The minimum absolute atomic E-state index is 0.0587. The molecular weight excluding hydrogens is 447 g/mol. The van der Waals surface area contributed by atoms with Gasteiger partial charge in [0.1, 0.15) is 18.6 Å². The number of hydrogen-bond donors (Lipinski definition) is 0. The molecule has 2 aromatic heterocycles. The van der Waals surface area contributed by atoms with Gasteiger partial charge in [0, 0.05) is 42.2 Å². The standard InChI is InChI=1S/C27H26BF2N3O2/c1-4-20(17-33-14-13-31-18(33)2)24(34)16-28-12-11-19-5-7-21(8-6-19)26-32-23-15-22(27(3,29)30)9-10-25(23)35-26/h4-10,13-15,17,28H,1,11-12,16H2,2-3H3/b20-17+. The predicted octanol–water partition coefficient (Wildman–Crippen LogP) is 6.22. The van der Waals surface area contributed by atoms with Gasteiger partial charge in [-0.2, -0.15) is 0 Å². The number of benzene rings is 2. The average molecular weight is 473 g/mol. The van der Waals surface area contributed by atoms with E-state index in [-0.39, 0.29) is 11.3 Å². The molecule has 5 nitrogen and oxygen atoms in total. The molecule has 0 amide bonds. The van der Waals surface area contributed by atoms with E-state index in [1.165, 1.54) is 18.2 Å². The molecule has 2 heterocycles. The first-order valence-electron chi connectivity index (χ1n) is 11.5. The number of imidazole rings is 1. The van der Waals surface area contributed by atoms with Gasteiger partial charge in [0.05, 0.1) is 0 Å². The Bertz CT molecular complexity index is 1380. The molecule has 0 bridgehead atoms. The number of rotatable bonds is 10. The van der Waals surface area contributed by atoms with Crippen molar-refractivity contribution < 1.29 is 18.0 Å². The molecule has 0 saturated heterocycles. The number of allylic oxidation sites excluding steroid dienone is 2. The van der Waals surface area contributed by atoms with Gasteiger partial charge in [-0.3, -0.25) is 4.79 Å². The topological polar surface area (TPSA) is 60.9 Å². The van der Waals surface area contributed by atoms with E-state index in [0.29, 0.717) is 28.9 Å². The van der Waals surface area contributed by atoms with Gasteiger partial charge in [-0.05, 0) is 55.6 Å². The summed E-state index contributed by atoms with van der Waals surface area (Å²) in [6.45, 7) is 6.50. The number of alkyl halides is 2. The molecule has 4 rings (SSSR count). The highest BCUT2D eigenvalue weighted by Gasteiger charge is 2.25. The smallest absolute Gasteiger partial charge is 0.270 e. The largest absolute Gasteiger partial charge is 0.436 e. The molecule has 0 fully saturated rings. The fraction of sp³-hybridized carbons (Fsp3) is 0.222. The third kappa shape index (κ3) is 5.82. The highest BCUT2D eigenvalue weighted by atomic mass is 19.3. The second-order valence-corrected chi connectivity index (χ2v) is 8.59. The van der Waals surface area contributed by atoms with Crippen molar-refractivity contribution in [3.8, 4) is 11.5 Å². The van der Waals surface area contributed by atoms with Gasteiger partial charge in [0.2, 0.25) is 5.89 Å². The van der Waals surface area contributed by atoms with Crippen LogP contribution >= 0.6 is 0 Å². The van der Waals surface area contributed by atoms with E-state index in [1.54, 1.807) is 24.7 Å². The molecule has 4 aromatic rings. The molecular formula is C27H26BF2N3O2. The lowest BCUT2D eigenvalue weighted by molar-refractivity contribution is -0.113. The van der Waals surface area contributed by atoms with Crippen LogP contribution in [0.1, 0.15) is 23.9 Å². The van der Waals surface area contributed by atoms with Gasteiger partial charge in [0.25, 0.3) is 5.92 Å². The molecule has 8 heteroatoms.